The average Bonchev–Trinajstić information content (AvgIpc) is 3.77. The van der Waals surface area contributed by atoms with E-state index in [1.165, 1.54) is 0 Å². The van der Waals surface area contributed by atoms with Crippen LogP contribution in [-0.2, 0) is 11.3 Å². The Morgan fingerprint density at radius 1 is 0.304 bits per heavy atom. The van der Waals surface area contributed by atoms with Crippen LogP contribution >= 0.6 is 0 Å². The number of pyridine rings is 2. The molecule has 8 rings (SSSR count). The summed E-state index contributed by atoms with van der Waals surface area (Å²) in [6.45, 7) is 0. The van der Waals surface area contributed by atoms with Gasteiger partial charge in [-0.3, -0.25) is 9.97 Å². The standard InChI is InChI=1S/C40H28N6/c1-5-15-29(16-6-1)35-36(30-17-7-2-8-18-30)44-39(43-35,33-23-13-25-41-27-33)40(34-24-14-26-42-28-34)45-37(31-19-9-3-10-20-31)38(46-40)32-21-11-4-12-22-32/h1-28H. The van der Waals surface area contributed by atoms with Gasteiger partial charge in [-0.25, -0.2) is 20.0 Å². The van der Waals surface area contributed by atoms with Crippen LogP contribution in [0.2, 0.25) is 0 Å². The molecule has 0 radical (unpaired) electrons. The molecular formula is C40H28N6. The zero-order chi connectivity index (χ0) is 30.8. The molecule has 46 heavy (non-hydrogen) atoms. The van der Waals surface area contributed by atoms with Gasteiger partial charge in [0.15, 0.2) is 0 Å². The van der Waals surface area contributed by atoms with E-state index in [9.17, 15) is 0 Å². The molecule has 218 valence electrons. The van der Waals surface area contributed by atoms with Crippen LogP contribution in [-0.4, -0.2) is 32.8 Å². The fraction of sp³-hybridized carbons (Fsp3) is 0.0500. The molecule has 0 saturated carbocycles. The molecule has 0 unspecified atom stereocenters. The third kappa shape index (κ3) is 4.50. The molecule has 4 heterocycles. The summed E-state index contributed by atoms with van der Waals surface area (Å²) < 4.78 is 0. The molecule has 4 aromatic carbocycles. The van der Waals surface area contributed by atoms with E-state index in [-0.39, 0.29) is 0 Å². The predicted octanol–water partition coefficient (Wildman–Crippen LogP) is 7.47. The van der Waals surface area contributed by atoms with Crippen LogP contribution in [0.4, 0.5) is 0 Å². The maximum absolute atomic E-state index is 5.64. The van der Waals surface area contributed by atoms with Crippen LogP contribution < -0.4 is 0 Å². The summed E-state index contributed by atoms with van der Waals surface area (Å²) >= 11 is 0. The summed E-state index contributed by atoms with van der Waals surface area (Å²) in [7, 11) is 0. The minimum Gasteiger partial charge on any atom is -0.264 e. The van der Waals surface area contributed by atoms with Crippen LogP contribution in [0.1, 0.15) is 33.4 Å². The second-order valence-electron chi connectivity index (χ2n) is 11.1. The van der Waals surface area contributed by atoms with E-state index < -0.39 is 11.3 Å². The third-order valence-corrected chi connectivity index (χ3v) is 8.35. The van der Waals surface area contributed by atoms with Gasteiger partial charge in [0.1, 0.15) is 0 Å². The number of hydrogen-bond donors (Lipinski definition) is 0. The molecule has 2 aliphatic rings. The van der Waals surface area contributed by atoms with Gasteiger partial charge in [-0.15, -0.1) is 0 Å². The van der Waals surface area contributed by atoms with E-state index in [0.29, 0.717) is 0 Å². The molecule has 2 aliphatic heterocycles. The van der Waals surface area contributed by atoms with Crippen molar-refractivity contribution < 1.29 is 0 Å². The van der Waals surface area contributed by atoms with Crippen LogP contribution in [0, 0.1) is 0 Å². The quantitative estimate of drug-likeness (QED) is 0.193. The molecule has 0 atom stereocenters. The summed E-state index contributed by atoms with van der Waals surface area (Å²) in [6, 6.07) is 48.6. The zero-order valence-corrected chi connectivity index (χ0v) is 24.8. The predicted molar refractivity (Wildman–Crippen MR) is 184 cm³/mol. The largest absolute Gasteiger partial charge is 0.264 e. The maximum atomic E-state index is 5.64. The highest BCUT2D eigenvalue weighted by atomic mass is 15.3. The van der Waals surface area contributed by atoms with Gasteiger partial charge in [0.25, 0.3) is 0 Å². The first-order chi connectivity index (χ1) is 22.8. The number of nitrogens with zero attached hydrogens (tertiary/aromatic N) is 6. The molecule has 6 aromatic rings. The summed E-state index contributed by atoms with van der Waals surface area (Å²) in [6.07, 6.45) is 7.18. The second-order valence-corrected chi connectivity index (χ2v) is 11.1. The Labute approximate surface area is 267 Å². The Morgan fingerprint density at radius 3 is 0.826 bits per heavy atom. The van der Waals surface area contributed by atoms with Gasteiger partial charge in [-0.05, 0) is 12.1 Å². The maximum Gasteiger partial charge on any atom is 0.227 e. The summed E-state index contributed by atoms with van der Waals surface area (Å²) in [5, 5.41) is 0. The first kappa shape index (κ1) is 27.4. The number of rotatable bonds is 7. The van der Waals surface area contributed by atoms with E-state index in [1.807, 2.05) is 109 Å². The molecule has 0 bridgehead atoms. The highest BCUT2D eigenvalue weighted by Crippen LogP contribution is 2.54. The normalized spacial score (nSPS) is 16.3. The monoisotopic (exact) mass is 592 g/mol. The minimum atomic E-state index is -1.36. The molecule has 0 aliphatic carbocycles. The Hall–Kier alpha value is -6.14. The molecular weight excluding hydrogens is 564 g/mol. The van der Waals surface area contributed by atoms with Crippen molar-refractivity contribution in [2.45, 2.75) is 11.3 Å². The van der Waals surface area contributed by atoms with Gasteiger partial charge < -0.3 is 0 Å². The van der Waals surface area contributed by atoms with E-state index >= 15 is 0 Å². The highest BCUT2D eigenvalue weighted by Gasteiger charge is 2.60. The molecule has 0 amide bonds. The average molecular weight is 593 g/mol. The van der Waals surface area contributed by atoms with Gasteiger partial charge in [-0.1, -0.05) is 133 Å². The van der Waals surface area contributed by atoms with E-state index in [1.54, 1.807) is 12.4 Å². The zero-order valence-electron chi connectivity index (χ0n) is 24.8. The topological polar surface area (TPSA) is 75.2 Å². The van der Waals surface area contributed by atoms with E-state index in [4.69, 9.17) is 20.0 Å². The lowest BCUT2D eigenvalue weighted by Gasteiger charge is -2.37. The summed E-state index contributed by atoms with van der Waals surface area (Å²) in [5.74, 6) is 0. The van der Waals surface area contributed by atoms with Crippen molar-refractivity contribution in [2.24, 2.45) is 20.0 Å². The van der Waals surface area contributed by atoms with Crippen LogP contribution in [0.5, 0.6) is 0 Å². The van der Waals surface area contributed by atoms with Gasteiger partial charge in [0.2, 0.25) is 11.3 Å². The Morgan fingerprint density at radius 2 is 0.587 bits per heavy atom. The lowest BCUT2D eigenvalue weighted by atomic mass is 9.83. The van der Waals surface area contributed by atoms with Crippen LogP contribution in [0.25, 0.3) is 0 Å². The lowest BCUT2D eigenvalue weighted by Crippen LogP contribution is -2.43. The SMILES string of the molecule is c1ccc(C2=NC(c3cccnc3)(C3(c4cccnc4)N=C(c4ccccc4)C(c4ccccc4)=N3)N=C2c2ccccc2)cc1. The van der Waals surface area contributed by atoms with Crippen molar-refractivity contribution in [3.05, 3.63) is 204 Å². The van der Waals surface area contributed by atoms with E-state index in [0.717, 1.165) is 56.2 Å². The van der Waals surface area contributed by atoms with Gasteiger partial charge in [-0.2, -0.15) is 0 Å². The number of hydrogen-bond acceptors (Lipinski definition) is 6. The highest BCUT2D eigenvalue weighted by molar-refractivity contribution is 6.55. The fourth-order valence-corrected chi connectivity index (χ4v) is 6.21. The van der Waals surface area contributed by atoms with Crippen molar-refractivity contribution in [3.8, 4) is 0 Å². The van der Waals surface area contributed by atoms with Crippen molar-refractivity contribution in [3.63, 3.8) is 0 Å². The van der Waals surface area contributed by atoms with Crippen molar-refractivity contribution >= 4 is 22.8 Å². The van der Waals surface area contributed by atoms with Gasteiger partial charge >= 0.3 is 0 Å². The van der Waals surface area contributed by atoms with Crippen molar-refractivity contribution in [1.29, 1.82) is 0 Å². The first-order valence-electron chi connectivity index (χ1n) is 15.2. The van der Waals surface area contributed by atoms with Crippen LogP contribution in [0.3, 0.4) is 0 Å². The van der Waals surface area contributed by atoms with Gasteiger partial charge in [0.05, 0.1) is 22.8 Å². The molecule has 0 spiro atoms. The van der Waals surface area contributed by atoms with Gasteiger partial charge in [0, 0.05) is 58.2 Å². The lowest BCUT2D eigenvalue weighted by molar-refractivity contribution is 0.256. The van der Waals surface area contributed by atoms with E-state index in [2.05, 4.69) is 58.5 Å². The molecule has 0 N–H and O–H groups in total. The first-order valence-corrected chi connectivity index (χ1v) is 15.2. The fourth-order valence-electron chi connectivity index (χ4n) is 6.21. The third-order valence-electron chi connectivity index (χ3n) is 8.35. The molecule has 2 aromatic heterocycles. The van der Waals surface area contributed by atoms with Crippen molar-refractivity contribution in [1.82, 2.24) is 9.97 Å². The smallest absolute Gasteiger partial charge is 0.227 e. The molecule has 0 saturated heterocycles. The second kappa shape index (κ2) is 11.4. The molecule has 6 heteroatoms. The minimum absolute atomic E-state index is 0.763. The van der Waals surface area contributed by atoms with Crippen LogP contribution in [0.15, 0.2) is 190 Å². The Bertz CT molecular complexity index is 1840. The Kier molecular flexibility index (Phi) is 6.80. The molecule has 0 fully saturated rings. The summed E-state index contributed by atoms with van der Waals surface area (Å²) in [5.41, 5.74) is 5.68. The number of aromatic nitrogens is 2. The number of benzene rings is 4. The Balaban J connectivity index is 1.52. The number of aliphatic imine (C=N–C) groups is 4. The summed E-state index contributed by atoms with van der Waals surface area (Å²) in [4.78, 5) is 31.7. The van der Waals surface area contributed by atoms with Crippen molar-refractivity contribution in [2.75, 3.05) is 0 Å². The molecule has 6 nitrogen and oxygen atoms in total.